The number of halogens is 1. The van der Waals surface area contributed by atoms with Gasteiger partial charge in [0.15, 0.2) is 0 Å². The van der Waals surface area contributed by atoms with Crippen molar-refractivity contribution in [1.29, 1.82) is 0 Å². The molecule has 1 fully saturated rings. The Morgan fingerprint density at radius 3 is 3.05 bits per heavy atom. The largest absolute Gasteiger partial charge is 0.391 e. The van der Waals surface area contributed by atoms with E-state index in [2.05, 4.69) is 15.1 Å². The molecule has 0 unspecified atom stereocenters. The molecule has 1 aliphatic rings. The lowest BCUT2D eigenvalue weighted by Crippen LogP contribution is -2.21. The third-order valence-corrected chi connectivity index (χ3v) is 5.14. The van der Waals surface area contributed by atoms with Gasteiger partial charge < -0.3 is 5.11 Å². The number of H-pyrrole nitrogens is 1. The predicted octanol–water partition coefficient (Wildman–Crippen LogP) is 2.47. The molecule has 4 nitrogen and oxygen atoms in total. The lowest BCUT2D eigenvalue weighted by molar-refractivity contribution is 0.140. The molecule has 3 rings (SSSR count). The van der Waals surface area contributed by atoms with Crippen molar-refractivity contribution in [3.63, 3.8) is 0 Å². The van der Waals surface area contributed by atoms with Crippen molar-refractivity contribution in [2.75, 3.05) is 13.1 Å². The zero-order chi connectivity index (χ0) is 14.1. The second-order valence-corrected chi connectivity index (χ2v) is 6.87. The van der Waals surface area contributed by atoms with Gasteiger partial charge in [0.2, 0.25) is 0 Å². The summed E-state index contributed by atoms with van der Waals surface area (Å²) in [5.41, 5.74) is 2.09. The Bertz CT molecular complexity index is 582. The molecular weight excluding hydrogens is 294 g/mol. The van der Waals surface area contributed by atoms with Crippen LogP contribution in [0.5, 0.6) is 0 Å². The summed E-state index contributed by atoms with van der Waals surface area (Å²) >= 11 is 7.80. The van der Waals surface area contributed by atoms with Crippen molar-refractivity contribution in [2.45, 2.75) is 26.0 Å². The maximum absolute atomic E-state index is 10.2. The van der Waals surface area contributed by atoms with Crippen LogP contribution in [0.1, 0.15) is 16.3 Å². The van der Waals surface area contributed by atoms with Crippen LogP contribution in [0.15, 0.2) is 17.5 Å². The zero-order valence-electron chi connectivity index (χ0n) is 11.3. The second kappa shape index (κ2) is 5.85. The predicted molar refractivity (Wildman–Crippen MR) is 81.1 cm³/mol. The van der Waals surface area contributed by atoms with Crippen molar-refractivity contribution in [3.8, 4) is 0 Å². The van der Waals surface area contributed by atoms with E-state index in [-0.39, 0.29) is 12.0 Å². The van der Waals surface area contributed by atoms with Crippen LogP contribution in [-0.2, 0) is 13.0 Å². The molecule has 0 saturated carbocycles. The highest BCUT2D eigenvalue weighted by Crippen LogP contribution is 2.27. The van der Waals surface area contributed by atoms with Gasteiger partial charge in [0.05, 0.1) is 16.8 Å². The Balaban J connectivity index is 1.60. The van der Waals surface area contributed by atoms with Gasteiger partial charge in [0.1, 0.15) is 0 Å². The highest BCUT2D eigenvalue weighted by atomic mass is 35.5. The summed E-state index contributed by atoms with van der Waals surface area (Å²) < 4.78 is 0. The van der Waals surface area contributed by atoms with Crippen molar-refractivity contribution in [1.82, 2.24) is 15.1 Å². The molecule has 1 aliphatic heterocycles. The van der Waals surface area contributed by atoms with Gasteiger partial charge in [-0.2, -0.15) is 5.10 Å². The number of aliphatic hydroxyl groups excluding tert-OH is 1. The van der Waals surface area contributed by atoms with Gasteiger partial charge in [0.25, 0.3) is 0 Å². The van der Waals surface area contributed by atoms with Crippen LogP contribution in [0, 0.1) is 12.8 Å². The van der Waals surface area contributed by atoms with E-state index in [1.54, 1.807) is 11.3 Å². The number of aromatic amines is 1. The molecule has 2 N–H and O–H groups in total. The Kier molecular flexibility index (Phi) is 4.12. The summed E-state index contributed by atoms with van der Waals surface area (Å²) in [6, 6.07) is 3.98. The number of rotatable bonds is 4. The minimum atomic E-state index is -0.286. The van der Waals surface area contributed by atoms with Gasteiger partial charge in [-0.1, -0.05) is 11.6 Å². The number of aliphatic hydroxyl groups is 1. The normalized spacial score (nSPS) is 23.6. The maximum atomic E-state index is 10.2. The van der Waals surface area contributed by atoms with Crippen LogP contribution in [0.2, 0.25) is 5.02 Å². The first kappa shape index (κ1) is 14.1. The average Bonchev–Trinajstić information content (AvgIpc) is 3.06. The van der Waals surface area contributed by atoms with Crippen molar-refractivity contribution in [3.05, 3.63) is 38.8 Å². The molecule has 6 heteroatoms. The molecule has 20 heavy (non-hydrogen) atoms. The summed E-state index contributed by atoms with van der Waals surface area (Å²) in [7, 11) is 0. The first-order chi connectivity index (χ1) is 9.61. The Hall–Kier alpha value is -0.880. The number of thiophene rings is 1. The molecule has 0 aliphatic carbocycles. The number of aromatic nitrogens is 2. The van der Waals surface area contributed by atoms with Gasteiger partial charge in [0, 0.05) is 36.1 Å². The topological polar surface area (TPSA) is 52.1 Å². The van der Waals surface area contributed by atoms with Crippen molar-refractivity contribution >= 4 is 22.9 Å². The van der Waals surface area contributed by atoms with Gasteiger partial charge in [-0.15, -0.1) is 11.3 Å². The molecule has 0 radical (unpaired) electrons. The summed E-state index contributed by atoms with van der Waals surface area (Å²) in [6.07, 6.45) is 0.533. The van der Waals surface area contributed by atoms with Crippen LogP contribution in [0.3, 0.4) is 0 Å². The minimum Gasteiger partial charge on any atom is -0.391 e. The first-order valence-corrected chi connectivity index (χ1v) is 8.01. The molecule has 2 atom stereocenters. The lowest BCUT2D eigenvalue weighted by Gasteiger charge is -2.14. The molecule has 0 bridgehead atoms. The van der Waals surface area contributed by atoms with E-state index < -0.39 is 0 Å². The summed E-state index contributed by atoms with van der Waals surface area (Å²) in [5.74, 6) is 0.247. The van der Waals surface area contributed by atoms with Gasteiger partial charge in [-0.05, 0) is 30.9 Å². The van der Waals surface area contributed by atoms with Crippen LogP contribution < -0.4 is 0 Å². The maximum Gasteiger partial charge on any atom is 0.0711 e. The number of aryl methyl sites for hydroxylation is 1. The fourth-order valence-electron chi connectivity index (χ4n) is 2.76. The van der Waals surface area contributed by atoms with Crippen LogP contribution >= 0.6 is 22.9 Å². The van der Waals surface area contributed by atoms with Crippen LogP contribution in [0.4, 0.5) is 0 Å². The number of β-amino-alcohol motifs (C(OH)–C–C–N with tert-alkyl or cyclic N) is 1. The van der Waals surface area contributed by atoms with E-state index in [1.165, 1.54) is 4.88 Å². The average molecular weight is 312 g/mol. The number of hydrogen-bond donors (Lipinski definition) is 2. The van der Waals surface area contributed by atoms with Gasteiger partial charge in [-0.3, -0.25) is 10.00 Å². The van der Waals surface area contributed by atoms with E-state index in [0.717, 1.165) is 35.9 Å². The highest BCUT2D eigenvalue weighted by molar-refractivity contribution is 7.10. The molecule has 3 heterocycles. The Labute approximate surface area is 127 Å². The van der Waals surface area contributed by atoms with E-state index >= 15 is 0 Å². The van der Waals surface area contributed by atoms with Crippen LogP contribution in [0.25, 0.3) is 0 Å². The molecule has 0 amide bonds. The molecular formula is C14H18ClN3OS. The number of hydrogen-bond acceptors (Lipinski definition) is 4. The van der Waals surface area contributed by atoms with Crippen molar-refractivity contribution in [2.24, 2.45) is 5.92 Å². The van der Waals surface area contributed by atoms with Crippen LogP contribution in [-0.4, -0.2) is 39.4 Å². The standard InChI is InChI=1S/C14H18ClN3OS/c1-9-4-11(17-16-9)5-10-6-18(7-13(10)19)8-14-12(15)2-3-20-14/h2-4,10,13,19H,5-8H2,1H3,(H,16,17)/t10-,13+/m1/s1. The fourth-order valence-corrected chi connectivity index (χ4v) is 3.90. The first-order valence-electron chi connectivity index (χ1n) is 6.75. The summed E-state index contributed by atoms with van der Waals surface area (Å²) in [6.45, 7) is 4.42. The number of likely N-dealkylation sites (tertiary alicyclic amines) is 1. The molecule has 2 aromatic rings. The van der Waals surface area contributed by atoms with Crippen molar-refractivity contribution < 1.29 is 5.11 Å². The van der Waals surface area contributed by atoms with Gasteiger partial charge in [-0.25, -0.2) is 0 Å². The SMILES string of the molecule is Cc1cc(C[C@@H]2CN(Cc3sccc3Cl)C[C@@H]2O)n[nH]1. The molecule has 2 aromatic heterocycles. The highest BCUT2D eigenvalue weighted by Gasteiger charge is 2.32. The Morgan fingerprint density at radius 2 is 2.40 bits per heavy atom. The van der Waals surface area contributed by atoms with Gasteiger partial charge >= 0.3 is 0 Å². The minimum absolute atomic E-state index is 0.247. The van der Waals surface area contributed by atoms with E-state index in [4.69, 9.17) is 11.6 Å². The quantitative estimate of drug-likeness (QED) is 0.912. The molecule has 108 valence electrons. The number of nitrogens with one attached hydrogen (secondary N) is 1. The third-order valence-electron chi connectivity index (χ3n) is 3.77. The summed E-state index contributed by atoms with van der Waals surface area (Å²) in [4.78, 5) is 3.45. The van der Waals surface area contributed by atoms with E-state index in [1.807, 2.05) is 24.4 Å². The molecule has 0 aromatic carbocycles. The monoisotopic (exact) mass is 311 g/mol. The molecule has 0 spiro atoms. The third kappa shape index (κ3) is 3.06. The fraction of sp³-hybridized carbons (Fsp3) is 0.500. The number of nitrogens with zero attached hydrogens (tertiary/aromatic N) is 2. The lowest BCUT2D eigenvalue weighted by atomic mass is 10.0. The zero-order valence-corrected chi connectivity index (χ0v) is 12.9. The molecule has 1 saturated heterocycles. The second-order valence-electron chi connectivity index (χ2n) is 5.46. The smallest absolute Gasteiger partial charge is 0.0711 e. The Morgan fingerprint density at radius 1 is 1.55 bits per heavy atom. The van der Waals surface area contributed by atoms with E-state index in [0.29, 0.717) is 6.54 Å². The van der Waals surface area contributed by atoms with E-state index in [9.17, 15) is 5.11 Å². The summed E-state index contributed by atoms with van der Waals surface area (Å²) in [5, 5.41) is 20.3.